The van der Waals surface area contributed by atoms with Crippen LogP contribution in [0.5, 0.6) is 0 Å². The summed E-state index contributed by atoms with van der Waals surface area (Å²) in [6.45, 7) is 0.683. The van der Waals surface area contributed by atoms with Gasteiger partial charge in [-0.25, -0.2) is 9.78 Å². The van der Waals surface area contributed by atoms with E-state index in [1.807, 2.05) is 0 Å². The molecule has 0 radical (unpaired) electrons. The number of nitrogens with zero attached hydrogens (tertiary/aromatic N) is 1. The molecule has 0 atom stereocenters. The first-order valence-electron chi connectivity index (χ1n) is 3.90. The third-order valence-corrected chi connectivity index (χ3v) is 2.42. The number of carboxylic acids is 1. The Morgan fingerprint density at radius 1 is 1.77 bits per heavy atom. The Labute approximate surface area is 80.2 Å². The number of carboxylic acid groups (broad SMARTS) is 1. The van der Waals surface area contributed by atoms with E-state index in [1.165, 1.54) is 11.3 Å². The van der Waals surface area contributed by atoms with E-state index in [0.29, 0.717) is 6.61 Å². The van der Waals surface area contributed by atoms with Crippen LogP contribution in [0, 0.1) is 0 Å². The van der Waals surface area contributed by atoms with Crippen molar-refractivity contribution in [3.05, 3.63) is 16.1 Å². The van der Waals surface area contributed by atoms with Crippen molar-refractivity contribution in [2.75, 3.05) is 13.7 Å². The normalized spacial score (nSPS) is 10.2. The van der Waals surface area contributed by atoms with Gasteiger partial charge in [-0.3, -0.25) is 0 Å². The van der Waals surface area contributed by atoms with Crippen molar-refractivity contribution < 1.29 is 14.6 Å². The van der Waals surface area contributed by atoms with Crippen LogP contribution in [0.2, 0.25) is 0 Å². The number of ether oxygens (including phenoxy) is 1. The fraction of sp³-hybridized carbons (Fsp3) is 0.500. The summed E-state index contributed by atoms with van der Waals surface area (Å²) in [6.07, 6.45) is 1.66. The second-order valence-corrected chi connectivity index (χ2v) is 3.47. The number of carbonyl (C=O) groups is 1. The number of aryl methyl sites for hydroxylation is 1. The van der Waals surface area contributed by atoms with Gasteiger partial charge in [-0.15, -0.1) is 11.3 Å². The molecule has 5 heteroatoms. The fourth-order valence-corrected chi connectivity index (χ4v) is 1.71. The van der Waals surface area contributed by atoms with E-state index in [2.05, 4.69) is 4.98 Å². The lowest BCUT2D eigenvalue weighted by Gasteiger charge is -1.94. The molecule has 13 heavy (non-hydrogen) atoms. The number of rotatable bonds is 5. The van der Waals surface area contributed by atoms with Gasteiger partial charge in [0.1, 0.15) is 0 Å². The van der Waals surface area contributed by atoms with Crippen LogP contribution in [-0.2, 0) is 11.2 Å². The van der Waals surface area contributed by atoms with Gasteiger partial charge in [0.2, 0.25) is 0 Å². The monoisotopic (exact) mass is 201 g/mol. The fourth-order valence-electron chi connectivity index (χ4n) is 0.892. The van der Waals surface area contributed by atoms with Crippen molar-refractivity contribution in [2.45, 2.75) is 12.8 Å². The molecule has 0 spiro atoms. The van der Waals surface area contributed by atoms with Gasteiger partial charge in [0, 0.05) is 25.5 Å². The number of aromatic nitrogens is 1. The van der Waals surface area contributed by atoms with Crippen molar-refractivity contribution in [1.82, 2.24) is 4.98 Å². The third-order valence-electron chi connectivity index (χ3n) is 1.51. The Kier molecular flexibility index (Phi) is 3.85. The van der Waals surface area contributed by atoms with Crippen LogP contribution in [0.25, 0.3) is 0 Å². The maximum absolute atomic E-state index is 10.5. The molecule has 0 fully saturated rings. The van der Waals surface area contributed by atoms with Crippen LogP contribution < -0.4 is 0 Å². The number of thiazole rings is 1. The molecule has 0 aliphatic heterocycles. The van der Waals surface area contributed by atoms with E-state index < -0.39 is 5.97 Å². The van der Waals surface area contributed by atoms with Gasteiger partial charge in [0.05, 0.1) is 5.01 Å². The quantitative estimate of drug-likeness (QED) is 0.732. The van der Waals surface area contributed by atoms with E-state index in [1.54, 1.807) is 12.5 Å². The minimum atomic E-state index is -0.964. The third kappa shape index (κ3) is 3.12. The highest BCUT2D eigenvalue weighted by Gasteiger charge is 2.07. The summed E-state index contributed by atoms with van der Waals surface area (Å²) in [7, 11) is 1.64. The zero-order valence-electron chi connectivity index (χ0n) is 7.32. The Morgan fingerprint density at radius 2 is 2.54 bits per heavy atom. The molecule has 1 rings (SSSR count). The lowest BCUT2D eigenvalue weighted by atomic mass is 10.3. The Morgan fingerprint density at radius 3 is 3.08 bits per heavy atom. The van der Waals surface area contributed by atoms with Crippen molar-refractivity contribution in [2.24, 2.45) is 0 Å². The van der Waals surface area contributed by atoms with Gasteiger partial charge >= 0.3 is 5.97 Å². The average Bonchev–Trinajstić information content (AvgIpc) is 2.53. The van der Waals surface area contributed by atoms with Crippen molar-refractivity contribution in [3.63, 3.8) is 0 Å². The number of hydrogen-bond donors (Lipinski definition) is 1. The summed E-state index contributed by atoms with van der Waals surface area (Å²) in [4.78, 5) is 14.4. The molecule has 0 aliphatic rings. The van der Waals surface area contributed by atoms with Crippen molar-refractivity contribution in [3.8, 4) is 0 Å². The summed E-state index contributed by atoms with van der Waals surface area (Å²) in [5.41, 5.74) is 0.136. The molecule has 72 valence electrons. The second-order valence-electron chi connectivity index (χ2n) is 2.53. The first-order chi connectivity index (χ1) is 6.24. The molecule has 0 amide bonds. The average molecular weight is 201 g/mol. The first-order valence-corrected chi connectivity index (χ1v) is 4.78. The highest BCUT2D eigenvalue weighted by atomic mass is 32.1. The molecule has 0 bridgehead atoms. The molecule has 4 nitrogen and oxygen atoms in total. The van der Waals surface area contributed by atoms with Gasteiger partial charge in [-0.1, -0.05) is 0 Å². The smallest absolute Gasteiger partial charge is 0.355 e. The summed E-state index contributed by atoms with van der Waals surface area (Å²) in [5.74, 6) is -0.964. The highest BCUT2D eigenvalue weighted by Crippen LogP contribution is 2.11. The van der Waals surface area contributed by atoms with Gasteiger partial charge in [0.15, 0.2) is 5.69 Å². The topological polar surface area (TPSA) is 59.4 Å². The van der Waals surface area contributed by atoms with E-state index in [4.69, 9.17) is 9.84 Å². The molecule has 1 heterocycles. The number of hydrogen-bond acceptors (Lipinski definition) is 4. The van der Waals surface area contributed by atoms with Crippen LogP contribution in [-0.4, -0.2) is 29.8 Å². The summed E-state index contributed by atoms with van der Waals surface area (Å²) in [5, 5.41) is 11.0. The van der Waals surface area contributed by atoms with Gasteiger partial charge in [-0.05, 0) is 6.42 Å². The van der Waals surface area contributed by atoms with Gasteiger partial charge < -0.3 is 9.84 Å². The van der Waals surface area contributed by atoms with Crippen LogP contribution in [0.3, 0.4) is 0 Å². The molecule has 1 aromatic heterocycles. The summed E-state index contributed by atoms with van der Waals surface area (Å²) in [6, 6.07) is 0. The van der Waals surface area contributed by atoms with E-state index in [0.717, 1.165) is 17.8 Å². The standard InChI is InChI=1S/C8H11NO3S/c1-12-4-2-3-7-9-6(5-13-7)8(10)11/h5H,2-4H2,1H3,(H,10,11). The minimum absolute atomic E-state index is 0.136. The molecular formula is C8H11NO3S. The molecule has 0 aromatic carbocycles. The SMILES string of the molecule is COCCCc1nc(C(=O)O)cs1. The van der Waals surface area contributed by atoms with Crippen molar-refractivity contribution in [1.29, 1.82) is 0 Å². The summed E-state index contributed by atoms with van der Waals surface area (Å²) >= 11 is 1.38. The van der Waals surface area contributed by atoms with Crippen LogP contribution >= 0.6 is 11.3 Å². The Hall–Kier alpha value is -0.940. The number of methoxy groups -OCH3 is 1. The van der Waals surface area contributed by atoms with Crippen LogP contribution in [0.4, 0.5) is 0 Å². The molecular weight excluding hydrogens is 190 g/mol. The van der Waals surface area contributed by atoms with Gasteiger partial charge in [0.25, 0.3) is 0 Å². The molecule has 0 unspecified atom stereocenters. The minimum Gasteiger partial charge on any atom is -0.476 e. The predicted molar refractivity (Wildman–Crippen MR) is 49.3 cm³/mol. The van der Waals surface area contributed by atoms with Gasteiger partial charge in [-0.2, -0.15) is 0 Å². The summed E-state index contributed by atoms with van der Waals surface area (Å²) < 4.78 is 4.88. The van der Waals surface area contributed by atoms with Crippen LogP contribution in [0.1, 0.15) is 21.9 Å². The zero-order valence-corrected chi connectivity index (χ0v) is 8.13. The maximum atomic E-state index is 10.5. The predicted octanol–water partition coefficient (Wildman–Crippen LogP) is 1.42. The van der Waals surface area contributed by atoms with Crippen molar-refractivity contribution >= 4 is 17.3 Å². The van der Waals surface area contributed by atoms with Crippen LogP contribution in [0.15, 0.2) is 5.38 Å². The Balaban J connectivity index is 2.44. The second kappa shape index (κ2) is 4.94. The lowest BCUT2D eigenvalue weighted by molar-refractivity contribution is 0.0691. The number of aromatic carboxylic acids is 1. The van der Waals surface area contributed by atoms with E-state index in [9.17, 15) is 4.79 Å². The largest absolute Gasteiger partial charge is 0.476 e. The lowest BCUT2D eigenvalue weighted by Crippen LogP contribution is -1.97. The molecule has 1 aromatic rings. The molecule has 0 saturated heterocycles. The van der Waals surface area contributed by atoms with E-state index >= 15 is 0 Å². The molecule has 0 aliphatic carbocycles. The molecule has 1 N–H and O–H groups in total. The maximum Gasteiger partial charge on any atom is 0.355 e. The first kappa shape index (κ1) is 10.1. The highest BCUT2D eigenvalue weighted by molar-refractivity contribution is 7.09. The molecule has 0 saturated carbocycles. The van der Waals surface area contributed by atoms with E-state index in [-0.39, 0.29) is 5.69 Å². The Bertz CT molecular complexity index is 285. The zero-order chi connectivity index (χ0) is 9.68.